The lowest BCUT2D eigenvalue weighted by molar-refractivity contribution is 0.904. The molecule has 1 fully saturated rings. The second-order valence-electron chi connectivity index (χ2n) is 3.20. The Balaban J connectivity index is 2.49. The van der Waals surface area contributed by atoms with Crippen LogP contribution in [0.25, 0.3) is 0 Å². The highest BCUT2D eigenvalue weighted by molar-refractivity contribution is 5.79. The fourth-order valence-electron chi connectivity index (χ4n) is 0.864. The largest absolute Gasteiger partial charge is 0.404 e. The summed E-state index contributed by atoms with van der Waals surface area (Å²) >= 11 is 0. The molecule has 0 bridgehead atoms. The Bertz CT molecular complexity index is 212. The molecule has 66 valence electrons. The van der Waals surface area contributed by atoms with Crippen molar-refractivity contribution < 1.29 is 0 Å². The first-order valence-electron chi connectivity index (χ1n) is 4.35. The van der Waals surface area contributed by atoms with Crippen molar-refractivity contribution in [3.8, 4) is 0 Å². The number of nitrogens with zero attached hydrogens (tertiary/aromatic N) is 1. The molecule has 0 aliphatic heterocycles. The smallest absolute Gasteiger partial charge is 0.0501 e. The van der Waals surface area contributed by atoms with Crippen LogP contribution in [0.5, 0.6) is 0 Å². The molecule has 1 saturated carbocycles. The normalized spacial score (nSPS) is 21.2. The minimum absolute atomic E-state index is 0.303. The van der Waals surface area contributed by atoms with Crippen LogP contribution in [0.15, 0.2) is 29.4 Å². The van der Waals surface area contributed by atoms with Gasteiger partial charge < -0.3 is 5.73 Å². The Morgan fingerprint density at radius 3 is 2.75 bits per heavy atom. The van der Waals surface area contributed by atoms with Crippen LogP contribution in [0.1, 0.15) is 19.8 Å². The van der Waals surface area contributed by atoms with Crippen LogP contribution in [-0.2, 0) is 0 Å². The molecule has 2 nitrogen and oxygen atoms in total. The molecule has 2 heteroatoms. The van der Waals surface area contributed by atoms with E-state index in [0.717, 1.165) is 5.57 Å². The predicted octanol–water partition coefficient (Wildman–Crippen LogP) is 1.88. The molecule has 1 aliphatic rings. The van der Waals surface area contributed by atoms with Gasteiger partial charge in [0.25, 0.3) is 0 Å². The fourth-order valence-corrected chi connectivity index (χ4v) is 0.864. The zero-order valence-electron chi connectivity index (χ0n) is 7.53. The summed E-state index contributed by atoms with van der Waals surface area (Å²) in [6.45, 7) is 5.77. The maximum Gasteiger partial charge on any atom is 0.0501 e. The Labute approximate surface area is 73.9 Å². The number of nitrogens with two attached hydrogens (primary N) is 1. The van der Waals surface area contributed by atoms with Crippen molar-refractivity contribution >= 4 is 6.21 Å². The van der Waals surface area contributed by atoms with Gasteiger partial charge in [0.15, 0.2) is 0 Å². The first-order chi connectivity index (χ1) is 5.77. The van der Waals surface area contributed by atoms with Crippen molar-refractivity contribution in [1.82, 2.24) is 0 Å². The van der Waals surface area contributed by atoms with E-state index in [1.165, 1.54) is 12.8 Å². The van der Waals surface area contributed by atoms with Gasteiger partial charge >= 0.3 is 0 Å². The van der Waals surface area contributed by atoms with Gasteiger partial charge in [-0.15, -0.1) is 6.58 Å². The van der Waals surface area contributed by atoms with E-state index in [2.05, 4.69) is 18.5 Å². The summed E-state index contributed by atoms with van der Waals surface area (Å²) < 4.78 is 0. The Morgan fingerprint density at radius 2 is 2.33 bits per heavy atom. The number of allylic oxidation sites excluding steroid dienone is 2. The quantitative estimate of drug-likeness (QED) is 0.500. The Morgan fingerprint density at radius 1 is 1.67 bits per heavy atom. The van der Waals surface area contributed by atoms with E-state index in [9.17, 15) is 0 Å². The maximum absolute atomic E-state index is 5.45. The van der Waals surface area contributed by atoms with E-state index in [1.807, 2.05) is 12.3 Å². The third kappa shape index (κ3) is 2.53. The molecular formula is C10H16N2. The first-order valence-corrected chi connectivity index (χ1v) is 4.35. The highest BCUT2D eigenvalue weighted by Crippen LogP contribution is 2.23. The van der Waals surface area contributed by atoms with E-state index >= 15 is 0 Å². The maximum atomic E-state index is 5.45. The Hall–Kier alpha value is -1.05. The summed E-state index contributed by atoms with van der Waals surface area (Å²) in [5, 5.41) is 0. The van der Waals surface area contributed by atoms with Crippen molar-refractivity contribution in [2.24, 2.45) is 16.6 Å². The number of hydrogen-bond acceptors (Lipinski definition) is 2. The molecule has 0 aromatic rings. The van der Waals surface area contributed by atoms with Gasteiger partial charge in [-0.1, -0.05) is 13.0 Å². The molecule has 0 aromatic carbocycles. The van der Waals surface area contributed by atoms with Crippen LogP contribution in [0, 0.1) is 5.92 Å². The third-order valence-corrected chi connectivity index (χ3v) is 2.05. The second kappa shape index (κ2) is 4.10. The third-order valence-electron chi connectivity index (χ3n) is 2.05. The van der Waals surface area contributed by atoms with E-state index in [0.29, 0.717) is 12.0 Å². The molecule has 1 unspecified atom stereocenters. The average Bonchev–Trinajstić information content (AvgIpc) is 2.88. The van der Waals surface area contributed by atoms with Gasteiger partial charge in [-0.25, -0.2) is 0 Å². The van der Waals surface area contributed by atoms with Crippen molar-refractivity contribution in [3.05, 3.63) is 24.4 Å². The van der Waals surface area contributed by atoms with Crippen LogP contribution in [0.4, 0.5) is 0 Å². The lowest BCUT2D eigenvalue weighted by atomic mass is 10.0. The van der Waals surface area contributed by atoms with E-state index in [4.69, 9.17) is 5.73 Å². The summed E-state index contributed by atoms with van der Waals surface area (Å²) in [6, 6.07) is 0.567. The van der Waals surface area contributed by atoms with Gasteiger partial charge in [-0.2, -0.15) is 0 Å². The molecule has 12 heavy (non-hydrogen) atoms. The highest BCUT2D eigenvalue weighted by Gasteiger charge is 2.19. The van der Waals surface area contributed by atoms with Crippen LogP contribution >= 0.6 is 0 Å². The molecule has 2 N–H and O–H groups in total. The lowest BCUT2D eigenvalue weighted by Gasteiger charge is -2.04. The van der Waals surface area contributed by atoms with Crippen molar-refractivity contribution in [2.45, 2.75) is 25.8 Å². The minimum atomic E-state index is 0.303. The topological polar surface area (TPSA) is 38.4 Å². The summed E-state index contributed by atoms with van der Waals surface area (Å²) in [4.78, 5) is 4.35. The standard InChI is InChI=1S/C10H16N2/c1-3-8(2)9(6-11)7-12-10-4-5-10/h3,6-8,10H,1,4-5,11H2,2H3/b9-6+,12-7?. The number of hydrogen-bond donors (Lipinski definition) is 1. The summed E-state index contributed by atoms with van der Waals surface area (Å²) in [5.74, 6) is 0.303. The highest BCUT2D eigenvalue weighted by atomic mass is 14.8. The van der Waals surface area contributed by atoms with Crippen molar-refractivity contribution in [2.75, 3.05) is 0 Å². The summed E-state index contributed by atoms with van der Waals surface area (Å²) in [5.41, 5.74) is 6.51. The van der Waals surface area contributed by atoms with Gasteiger partial charge in [-0.05, 0) is 24.6 Å². The van der Waals surface area contributed by atoms with Gasteiger partial charge in [0.05, 0.1) is 6.04 Å². The summed E-state index contributed by atoms with van der Waals surface area (Å²) in [6.07, 6.45) is 7.83. The molecule has 1 rings (SSSR count). The minimum Gasteiger partial charge on any atom is -0.404 e. The van der Waals surface area contributed by atoms with E-state index in [1.54, 1.807) is 6.20 Å². The fraction of sp³-hybridized carbons (Fsp3) is 0.500. The van der Waals surface area contributed by atoms with Crippen LogP contribution < -0.4 is 5.73 Å². The second-order valence-corrected chi connectivity index (χ2v) is 3.20. The van der Waals surface area contributed by atoms with Crippen molar-refractivity contribution in [3.63, 3.8) is 0 Å². The van der Waals surface area contributed by atoms with Gasteiger partial charge in [0.2, 0.25) is 0 Å². The zero-order chi connectivity index (χ0) is 8.97. The SMILES string of the molecule is C=CC(C)/C(C=NC1CC1)=C/N. The summed E-state index contributed by atoms with van der Waals surface area (Å²) in [7, 11) is 0. The molecule has 0 aromatic heterocycles. The molecule has 1 atom stereocenters. The Kier molecular flexibility index (Phi) is 3.09. The van der Waals surface area contributed by atoms with E-state index < -0.39 is 0 Å². The monoisotopic (exact) mass is 164 g/mol. The lowest BCUT2D eigenvalue weighted by Crippen LogP contribution is -2.00. The average molecular weight is 164 g/mol. The molecule has 0 amide bonds. The van der Waals surface area contributed by atoms with E-state index in [-0.39, 0.29) is 0 Å². The predicted molar refractivity (Wildman–Crippen MR) is 53.1 cm³/mol. The molecule has 1 aliphatic carbocycles. The number of aliphatic imine (C=N–C) groups is 1. The molecule has 0 radical (unpaired) electrons. The van der Waals surface area contributed by atoms with Crippen molar-refractivity contribution in [1.29, 1.82) is 0 Å². The van der Waals surface area contributed by atoms with Gasteiger partial charge in [0.1, 0.15) is 0 Å². The van der Waals surface area contributed by atoms with Crippen LogP contribution in [-0.4, -0.2) is 12.3 Å². The van der Waals surface area contributed by atoms with Gasteiger partial charge in [0, 0.05) is 12.1 Å². The molecule has 0 saturated heterocycles. The molecule has 0 heterocycles. The van der Waals surface area contributed by atoms with Gasteiger partial charge in [-0.3, -0.25) is 4.99 Å². The first kappa shape index (κ1) is 9.04. The van der Waals surface area contributed by atoms with Crippen LogP contribution in [0.2, 0.25) is 0 Å². The molecule has 0 spiro atoms. The number of rotatable bonds is 4. The molecular weight excluding hydrogens is 148 g/mol. The van der Waals surface area contributed by atoms with Crippen LogP contribution in [0.3, 0.4) is 0 Å². The zero-order valence-corrected chi connectivity index (χ0v) is 7.53.